The van der Waals surface area contributed by atoms with Crippen molar-refractivity contribution >= 4 is 39.1 Å². The van der Waals surface area contributed by atoms with Gasteiger partial charge in [0.25, 0.3) is 10.0 Å². The number of aryl methyl sites for hydroxylation is 1. The fourth-order valence-electron chi connectivity index (χ4n) is 2.10. The highest BCUT2D eigenvalue weighted by molar-refractivity contribution is 8.01. The Bertz CT molecular complexity index is 877. The number of nitrogens with zero attached hydrogens (tertiary/aromatic N) is 1. The molecule has 0 spiro atoms. The van der Waals surface area contributed by atoms with Crippen LogP contribution in [-0.4, -0.2) is 19.9 Å². The van der Waals surface area contributed by atoms with Crippen molar-refractivity contribution in [3.05, 3.63) is 58.4 Å². The van der Waals surface area contributed by atoms with Crippen LogP contribution in [0.2, 0.25) is 5.02 Å². The highest BCUT2D eigenvalue weighted by atomic mass is 35.5. The van der Waals surface area contributed by atoms with E-state index in [1.54, 1.807) is 13.0 Å². The first-order valence-electron chi connectivity index (χ1n) is 6.39. The number of fused-ring (bicyclic) bond motifs is 1. The summed E-state index contributed by atoms with van der Waals surface area (Å²) in [7, 11) is -3.81. The van der Waals surface area contributed by atoms with Gasteiger partial charge in [-0.2, -0.15) is 12.8 Å². The van der Waals surface area contributed by atoms with Crippen molar-refractivity contribution in [3.8, 4) is 0 Å². The predicted octanol–water partition coefficient (Wildman–Crippen LogP) is 4.07. The Balaban J connectivity index is 2.12. The van der Waals surface area contributed by atoms with Crippen LogP contribution in [0.3, 0.4) is 0 Å². The van der Waals surface area contributed by atoms with Crippen LogP contribution >= 0.6 is 23.4 Å². The van der Waals surface area contributed by atoms with Gasteiger partial charge in [-0.1, -0.05) is 23.7 Å². The normalized spacial score (nSPS) is 16.6. The quantitative estimate of drug-likeness (QED) is 0.774. The van der Waals surface area contributed by atoms with Gasteiger partial charge in [0.05, 0.1) is 5.71 Å². The Hall–Kier alpha value is -1.37. The van der Waals surface area contributed by atoms with E-state index in [-0.39, 0.29) is 10.7 Å². The standard InChI is InChI=1S/C15H11ClFNO2S2/c1-9-6-15-14(7-12(9)16)21-8-13(18-22(15,19)20)10-2-4-11(17)5-3-10/h2-7H,8H2,1H3. The Morgan fingerprint density at radius 3 is 2.59 bits per heavy atom. The summed E-state index contributed by atoms with van der Waals surface area (Å²) >= 11 is 7.43. The fourth-order valence-corrected chi connectivity index (χ4v) is 5.02. The van der Waals surface area contributed by atoms with E-state index in [1.165, 1.54) is 42.1 Å². The monoisotopic (exact) mass is 355 g/mol. The second kappa shape index (κ2) is 5.68. The molecule has 22 heavy (non-hydrogen) atoms. The molecule has 2 aromatic carbocycles. The van der Waals surface area contributed by atoms with Crippen molar-refractivity contribution < 1.29 is 12.8 Å². The smallest absolute Gasteiger partial charge is 0.207 e. The molecule has 2 aromatic rings. The van der Waals surface area contributed by atoms with E-state index in [0.29, 0.717) is 32.5 Å². The first-order valence-corrected chi connectivity index (χ1v) is 9.20. The van der Waals surface area contributed by atoms with Crippen LogP contribution in [0.25, 0.3) is 0 Å². The Kier molecular flexibility index (Phi) is 4.01. The van der Waals surface area contributed by atoms with Crippen LogP contribution < -0.4 is 0 Å². The molecule has 1 heterocycles. The average molecular weight is 356 g/mol. The topological polar surface area (TPSA) is 46.5 Å². The molecular weight excluding hydrogens is 345 g/mol. The molecule has 7 heteroatoms. The molecule has 1 aliphatic heterocycles. The second-order valence-corrected chi connectivity index (χ2v) is 7.85. The molecule has 114 valence electrons. The van der Waals surface area contributed by atoms with Gasteiger partial charge in [0.1, 0.15) is 10.7 Å². The maximum atomic E-state index is 13.0. The molecule has 3 nitrogen and oxygen atoms in total. The van der Waals surface area contributed by atoms with Crippen molar-refractivity contribution in [3.63, 3.8) is 0 Å². The summed E-state index contributed by atoms with van der Waals surface area (Å²) in [5, 5.41) is 0.520. The minimum Gasteiger partial charge on any atom is -0.207 e. The average Bonchev–Trinajstić information content (AvgIpc) is 2.58. The fraction of sp³-hybridized carbons (Fsp3) is 0.133. The molecule has 1 aliphatic rings. The number of hydrogen-bond acceptors (Lipinski definition) is 3. The lowest BCUT2D eigenvalue weighted by molar-refractivity contribution is 0.596. The molecule has 0 unspecified atom stereocenters. The third-order valence-corrected chi connectivity index (χ3v) is 6.23. The summed E-state index contributed by atoms with van der Waals surface area (Å²) in [5.74, 6) is -0.00349. The third kappa shape index (κ3) is 2.91. The van der Waals surface area contributed by atoms with Gasteiger partial charge in [0.15, 0.2) is 0 Å². The molecule has 0 aromatic heterocycles. The first kappa shape index (κ1) is 15.5. The molecule has 3 rings (SSSR count). The third-order valence-electron chi connectivity index (χ3n) is 3.28. The largest absolute Gasteiger partial charge is 0.283 e. The maximum absolute atomic E-state index is 13.0. The summed E-state index contributed by atoms with van der Waals surface area (Å²) in [4.78, 5) is 0.743. The zero-order valence-corrected chi connectivity index (χ0v) is 13.9. The van der Waals surface area contributed by atoms with E-state index < -0.39 is 10.0 Å². The Morgan fingerprint density at radius 2 is 1.91 bits per heavy atom. The van der Waals surface area contributed by atoms with Gasteiger partial charge in [-0.05, 0) is 42.3 Å². The minimum atomic E-state index is -3.81. The van der Waals surface area contributed by atoms with Crippen molar-refractivity contribution in [1.29, 1.82) is 0 Å². The molecule has 0 aliphatic carbocycles. The lowest BCUT2D eigenvalue weighted by Gasteiger charge is -2.06. The molecule has 0 saturated heterocycles. The second-order valence-electron chi connectivity index (χ2n) is 4.86. The van der Waals surface area contributed by atoms with Crippen molar-refractivity contribution in [2.45, 2.75) is 16.7 Å². The van der Waals surface area contributed by atoms with Crippen LogP contribution in [0, 0.1) is 12.7 Å². The molecular formula is C15H11ClFNO2S2. The first-order chi connectivity index (χ1) is 10.4. The van der Waals surface area contributed by atoms with Gasteiger partial charge < -0.3 is 0 Å². The summed E-state index contributed by atoms with van der Waals surface area (Å²) in [5.41, 5.74) is 1.67. The summed E-state index contributed by atoms with van der Waals surface area (Å²) in [6, 6.07) is 8.81. The van der Waals surface area contributed by atoms with E-state index in [2.05, 4.69) is 4.40 Å². The van der Waals surface area contributed by atoms with Crippen molar-refractivity contribution in [2.24, 2.45) is 4.40 Å². The molecule has 0 saturated carbocycles. The number of sulfonamides is 1. The van der Waals surface area contributed by atoms with Crippen molar-refractivity contribution in [2.75, 3.05) is 5.75 Å². The highest BCUT2D eigenvalue weighted by Gasteiger charge is 2.25. The van der Waals surface area contributed by atoms with Gasteiger partial charge in [-0.15, -0.1) is 11.8 Å². The maximum Gasteiger partial charge on any atom is 0.283 e. The lowest BCUT2D eigenvalue weighted by Crippen LogP contribution is -2.06. The van der Waals surface area contributed by atoms with Crippen molar-refractivity contribution in [1.82, 2.24) is 0 Å². The summed E-state index contributed by atoms with van der Waals surface area (Å²) < 4.78 is 41.9. The minimum absolute atomic E-state index is 0.163. The highest BCUT2D eigenvalue weighted by Crippen LogP contribution is 2.35. The molecule has 0 amide bonds. The van der Waals surface area contributed by atoms with Crippen LogP contribution in [0.1, 0.15) is 11.1 Å². The van der Waals surface area contributed by atoms with E-state index in [9.17, 15) is 12.8 Å². The summed E-state index contributed by atoms with van der Waals surface area (Å²) in [6.45, 7) is 1.75. The number of benzene rings is 2. The number of hydrogen-bond donors (Lipinski definition) is 0. The SMILES string of the molecule is Cc1cc2c(cc1Cl)SCC(c1ccc(F)cc1)=NS2(=O)=O. The van der Waals surface area contributed by atoms with Crippen LogP contribution in [0.4, 0.5) is 4.39 Å². The molecule has 0 bridgehead atoms. The Morgan fingerprint density at radius 1 is 1.23 bits per heavy atom. The molecule has 0 N–H and O–H groups in total. The van der Waals surface area contributed by atoms with Crippen LogP contribution in [0.5, 0.6) is 0 Å². The van der Waals surface area contributed by atoms with Crippen LogP contribution in [-0.2, 0) is 10.0 Å². The van der Waals surface area contributed by atoms with E-state index >= 15 is 0 Å². The molecule has 0 atom stereocenters. The van der Waals surface area contributed by atoms with Gasteiger partial charge in [-0.25, -0.2) is 4.39 Å². The van der Waals surface area contributed by atoms with Gasteiger partial charge in [0.2, 0.25) is 0 Å². The number of halogens is 2. The Labute approximate surface area is 137 Å². The van der Waals surface area contributed by atoms with E-state index in [1.807, 2.05) is 0 Å². The zero-order valence-electron chi connectivity index (χ0n) is 11.5. The summed E-state index contributed by atoms with van der Waals surface area (Å²) in [6.07, 6.45) is 0. The molecule has 0 radical (unpaired) electrons. The van der Waals surface area contributed by atoms with Gasteiger partial charge in [-0.3, -0.25) is 0 Å². The lowest BCUT2D eigenvalue weighted by atomic mass is 10.1. The zero-order chi connectivity index (χ0) is 15.9. The molecule has 0 fully saturated rings. The van der Waals surface area contributed by atoms with Gasteiger partial charge in [0, 0.05) is 15.7 Å². The predicted molar refractivity (Wildman–Crippen MR) is 87.0 cm³/mol. The number of rotatable bonds is 1. The van der Waals surface area contributed by atoms with E-state index in [0.717, 1.165) is 0 Å². The van der Waals surface area contributed by atoms with Crippen LogP contribution in [0.15, 0.2) is 50.6 Å². The van der Waals surface area contributed by atoms with E-state index in [4.69, 9.17) is 11.6 Å². The van der Waals surface area contributed by atoms with Gasteiger partial charge >= 0.3 is 0 Å². The number of thioether (sulfide) groups is 1.